The van der Waals surface area contributed by atoms with Crippen molar-refractivity contribution in [1.29, 1.82) is 0 Å². The molecule has 2 spiro atoms. The van der Waals surface area contributed by atoms with Crippen LogP contribution >= 0.6 is 0 Å². The van der Waals surface area contributed by atoms with Crippen molar-refractivity contribution in [2.45, 2.75) is 134 Å². The zero-order chi connectivity index (χ0) is 86.9. The number of rotatable bonds is 39. The Balaban J connectivity index is 0.647. The SMILES string of the molecule is C=CCOC(=O)N1C[C@@H]2CC3(CC3)CN2C(=O)c2cc(OC)c(OCc3cccc(COc4cc(NC(=O)OCc5ccc(O[C@H]6O[C@@H](C(=O)OC)[C@H](OC(C)=O)[C@@H](OC(C)=O)[C@@H]6OC(C)=O)c(NC(=O)CCOCCOCCOCCOCCNC(=O)OCC6c7ccccc7-c7ccccc76)c5)c(C(=O)N5CC6(CC6)C[C@H]5CO)cc4OC)c3)cc21. The minimum Gasteiger partial charge on any atom is -0.493 e. The van der Waals surface area contributed by atoms with Crippen LogP contribution in [0, 0.1) is 10.8 Å². The van der Waals surface area contributed by atoms with Crippen LogP contribution in [0.3, 0.4) is 0 Å². The number of hydrogen-bond donors (Lipinski definition) is 4. The number of esters is 4. The number of alkyl carbamates (subject to hydrolysis) is 1. The number of aliphatic hydroxyl groups is 1. The third-order valence-electron chi connectivity index (χ3n) is 22.4. The molecular formula is C89H102N6O28. The second-order valence-corrected chi connectivity index (χ2v) is 31.0. The van der Waals surface area contributed by atoms with Gasteiger partial charge < -0.3 is 106 Å². The van der Waals surface area contributed by atoms with Gasteiger partial charge in [0, 0.05) is 65.0 Å². The lowest BCUT2D eigenvalue weighted by Crippen LogP contribution is -2.64. The largest absolute Gasteiger partial charge is 0.493 e. The van der Waals surface area contributed by atoms with Crippen LogP contribution in [0.1, 0.15) is 120 Å². The first-order valence-corrected chi connectivity index (χ1v) is 40.7. The molecule has 123 heavy (non-hydrogen) atoms. The van der Waals surface area contributed by atoms with Crippen LogP contribution in [0.15, 0.2) is 128 Å². The monoisotopic (exact) mass is 1700 g/mol. The van der Waals surface area contributed by atoms with Crippen LogP contribution in [0.25, 0.3) is 11.1 Å². The number of carbonyl (C=O) groups excluding carboxylic acids is 10. The van der Waals surface area contributed by atoms with E-state index in [9.17, 15) is 53.1 Å². The van der Waals surface area contributed by atoms with Crippen molar-refractivity contribution >= 4 is 76.9 Å². The third-order valence-corrected chi connectivity index (χ3v) is 22.4. The highest BCUT2D eigenvalue weighted by molar-refractivity contribution is 6.06. The lowest BCUT2D eigenvalue weighted by molar-refractivity contribution is -0.282. The molecule has 4 heterocycles. The second-order valence-electron chi connectivity index (χ2n) is 31.0. The maximum atomic E-state index is 14.9. The maximum absolute atomic E-state index is 14.9. The number of fused-ring (bicyclic) bond motifs is 5. The predicted molar refractivity (Wildman–Crippen MR) is 437 cm³/mol. The average molecular weight is 1700 g/mol. The Hall–Kier alpha value is -12.1. The lowest BCUT2D eigenvalue weighted by atomic mass is 9.97. The minimum absolute atomic E-state index is 0.00304. The third kappa shape index (κ3) is 22.1. The highest BCUT2D eigenvalue weighted by Crippen LogP contribution is 2.57. The number of benzene rings is 6. The number of likely N-dealkylation sites (tertiary alicyclic amines) is 1. The van der Waals surface area contributed by atoms with Crippen molar-refractivity contribution in [2.24, 2.45) is 10.8 Å². The Morgan fingerprint density at radius 3 is 1.80 bits per heavy atom. The summed E-state index contributed by atoms with van der Waals surface area (Å²) in [6, 6.07) is 33.0. The van der Waals surface area contributed by atoms with Crippen molar-refractivity contribution in [1.82, 2.24) is 15.1 Å². The topological polar surface area (TPSA) is 394 Å². The van der Waals surface area contributed by atoms with Crippen molar-refractivity contribution in [2.75, 3.05) is 136 Å². The molecule has 6 amide bonds. The first kappa shape index (κ1) is 88.7. The van der Waals surface area contributed by atoms with Gasteiger partial charge >= 0.3 is 42.2 Å². The number of hydrogen-bond acceptors (Lipinski definition) is 28. The molecule has 4 N–H and O–H groups in total. The molecule has 34 heteroatoms. The zero-order valence-electron chi connectivity index (χ0n) is 69.4. The van der Waals surface area contributed by atoms with Crippen molar-refractivity contribution in [3.05, 3.63) is 167 Å². The summed E-state index contributed by atoms with van der Waals surface area (Å²) in [5, 5.41) is 18.8. The van der Waals surface area contributed by atoms with E-state index in [0.717, 1.165) is 82.2 Å². The molecule has 2 saturated carbocycles. The molecule has 34 nitrogen and oxygen atoms in total. The molecule has 0 aromatic heterocycles. The van der Waals surface area contributed by atoms with Crippen LogP contribution in [-0.2, 0) is 101 Å². The zero-order valence-corrected chi connectivity index (χ0v) is 69.4. The maximum Gasteiger partial charge on any atom is 0.414 e. The molecule has 4 aliphatic heterocycles. The molecule has 13 rings (SSSR count). The molecule has 7 atom stereocenters. The molecule has 0 unspecified atom stereocenters. The van der Waals surface area contributed by atoms with Gasteiger partial charge in [0.05, 0.1) is 127 Å². The van der Waals surface area contributed by atoms with E-state index in [0.29, 0.717) is 36.3 Å². The van der Waals surface area contributed by atoms with Crippen LogP contribution in [0.5, 0.6) is 28.7 Å². The van der Waals surface area contributed by atoms with E-state index >= 15 is 0 Å². The molecule has 656 valence electrons. The quantitative estimate of drug-likeness (QED) is 0.0121. The van der Waals surface area contributed by atoms with E-state index in [1.807, 2.05) is 47.4 Å². The van der Waals surface area contributed by atoms with Crippen LogP contribution in [-0.4, -0.2) is 238 Å². The smallest absolute Gasteiger partial charge is 0.414 e. The van der Waals surface area contributed by atoms with E-state index < -0.39 is 97.3 Å². The predicted octanol–water partition coefficient (Wildman–Crippen LogP) is 9.74. The summed E-state index contributed by atoms with van der Waals surface area (Å²) in [5.41, 5.74) is 6.46. The molecule has 3 saturated heterocycles. The Kier molecular flexibility index (Phi) is 29.4. The van der Waals surface area contributed by atoms with Gasteiger partial charge in [-0.25, -0.2) is 19.2 Å². The van der Waals surface area contributed by atoms with Gasteiger partial charge in [-0.15, -0.1) is 0 Å². The molecule has 7 aliphatic rings. The number of nitrogens with one attached hydrogen (secondary N) is 3. The van der Waals surface area contributed by atoms with Gasteiger partial charge in [0.1, 0.15) is 38.8 Å². The van der Waals surface area contributed by atoms with Crippen LogP contribution in [0.4, 0.5) is 31.4 Å². The lowest BCUT2D eigenvalue weighted by Gasteiger charge is -2.43. The van der Waals surface area contributed by atoms with E-state index in [1.54, 1.807) is 23.1 Å². The fourth-order valence-corrected chi connectivity index (χ4v) is 16.1. The summed E-state index contributed by atoms with van der Waals surface area (Å²) in [6.45, 7) is 8.85. The Morgan fingerprint density at radius 1 is 0.577 bits per heavy atom. The molecular weight excluding hydrogens is 1600 g/mol. The standard InChI is InChI=1S/C89H102N6O28/c1-8-28-114-87(106)93-45-59-43-88(23-24-88)51-94(59)82(102)66-40-73(108-6)75(42-70(66)93)116-48-57-15-13-14-56(37-57)47-115-74-41-68(65(39-72(74)107-5)81(101)95-52-89(25-26-89)44-60(95)46-96)92-86(105)117-49-58-20-21-71(122-84-80(121-55(4)99)78(120-54(3)98)77(119-53(2)97)79(123-84)83(103)109-7)69(38-58)91-76(100)22-29-110-31-33-112-35-36-113-34-32-111-30-27-90-85(104)118-50-67-63-18-11-9-16-61(63)62-17-10-12-19-64(62)67/h8-21,37-42,59-60,67,77-80,84,96H,1,22-36,43-52H2,2-7H3,(H,90,104)(H,91,100)(H,92,105)/t59-,60-,77+,78+,79+,80-,84-/m0/s1. The average Bonchev–Trinajstić information content (AvgIpc) is 1.63. The number of anilines is 3. The van der Waals surface area contributed by atoms with Gasteiger partial charge in [0.25, 0.3) is 11.8 Å². The number of nitrogens with zero attached hydrogens (tertiary/aromatic N) is 3. The number of carbonyl (C=O) groups is 10. The van der Waals surface area contributed by atoms with E-state index in [2.05, 4.69) is 46.8 Å². The molecule has 3 aliphatic carbocycles. The Morgan fingerprint density at radius 2 is 1.18 bits per heavy atom. The normalized spacial score (nSPS) is 19.7. The van der Waals surface area contributed by atoms with Gasteiger partial charge in [0.2, 0.25) is 18.3 Å². The van der Waals surface area contributed by atoms with Crippen molar-refractivity contribution < 1.29 is 134 Å². The number of ether oxygens (including phenoxy) is 17. The van der Waals surface area contributed by atoms with Crippen LogP contribution in [0.2, 0.25) is 0 Å². The summed E-state index contributed by atoms with van der Waals surface area (Å²) in [4.78, 5) is 140. The highest BCUT2D eigenvalue weighted by atomic mass is 16.7. The molecule has 0 bridgehead atoms. The summed E-state index contributed by atoms with van der Waals surface area (Å²) in [7, 11) is 3.88. The molecule has 6 aromatic carbocycles. The fourth-order valence-electron chi connectivity index (χ4n) is 16.1. The summed E-state index contributed by atoms with van der Waals surface area (Å²) >= 11 is 0. The van der Waals surface area contributed by atoms with E-state index in [-0.39, 0.29) is 191 Å². The van der Waals surface area contributed by atoms with Gasteiger partial charge in [-0.1, -0.05) is 85.5 Å². The Labute approximate surface area is 710 Å². The molecule has 6 aromatic rings. The minimum atomic E-state index is -1.86. The summed E-state index contributed by atoms with van der Waals surface area (Å²) < 4.78 is 98.1. The second kappa shape index (κ2) is 40.7. The van der Waals surface area contributed by atoms with Crippen molar-refractivity contribution in [3.63, 3.8) is 0 Å². The van der Waals surface area contributed by atoms with Gasteiger partial charge in [0.15, 0.2) is 41.3 Å². The van der Waals surface area contributed by atoms with E-state index in [1.165, 1.54) is 55.5 Å². The number of methoxy groups -OCH3 is 3. The van der Waals surface area contributed by atoms with Crippen molar-refractivity contribution in [3.8, 4) is 39.9 Å². The van der Waals surface area contributed by atoms with Gasteiger partial charge in [-0.3, -0.25) is 39.0 Å². The number of amides is 6. The van der Waals surface area contributed by atoms with Gasteiger partial charge in [-0.05, 0) is 119 Å². The van der Waals surface area contributed by atoms with Gasteiger partial charge in [-0.2, -0.15) is 0 Å². The first-order chi connectivity index (χ1) is 59.5. The summed E-state index contributed by atoms with van der Waals surface area (Å²) in [5.74, 6) is -4.75. The number of aliphatic hydroxyl groups excluding tert-OH is 1. The molecule has 0 radical (unpaired) electrons. The fraction of sp³-hybridized carbons (Fsp3) is 0.461. The van der Waals surface area contributed by atoms with E-state index in [4.69, 9.17) is 80.5 Å². The highest BCUT2D eigenvalue weighted by Gasteiger charge is 2.58. The molecule has 5 fully saturated rings. The Bertz CT molecular complexity index is 4830. The first-order valence-electron chi connectivity index (χ1n) is 40.7. The van der Waals surface area contributed by atoms with Crippen LogP contribution < -0.4 is 44.5 Å². The summed E-state index contributed by atoms with van der Waals surface area (Å²) in [6.07, 6.45) is -4.76.